The maximum atomic E-state index is 5.91. The van der Waals surface area contributed by atoms with Crippen LogP contribution < -0.4 is 15.5 Å². The fourth-order valence-electron chi connectivity index (χ4n) is 4.34. The molecule has 2 N–H and O–H groups in total. The largest absolute Gasteiger partial charge is 0.383 e. The molecule has 2 saturated heterocycles. The predicted octanol–water partition coefficient (Wildman–Crippen LogP) is 1.42. The van der Waals surface area contributed by atoms with Gasteiger partial charge in [-0.2, -0.15) is 0 Å². The van der Waals surface area contributed by atoms with Gasteiger partial charge in [-0.1, -0.05) is 0 Å². The van der Waals surface area contributed by atoms with Crippen LogP contribution in [0.2, 0.25) is 0 Å². The van der Waals surface area contributed by atoms with Crippen molar-refractivity contribution in [3.8, 4) is 11.4 Å². The summed E-state index contributed by atoms with van der Waals surface area (Å²) in [5, 5.41) is 0. The van der Waals surface area contributed by atoms with Crippen LogP contribution in [-0.4, -0.2) is 66.6 Å². The lowest BCUT2D eigenvalue weighted by molar-refractivity contribution is 0.0967. The number of ether oxygens (including phenoxy) is 2. The minimum absolute atomic E-state index is 0.278. The molecule has 0 saturated carbocycles. The van der Waals surface area contributed by atoms with Crippen LogP contribution in [0.5, 0.6) is 0 Å². The minimum atomic E-state index is 0.278. The monoisotopic (exact) mass is 382 g/mol. The molecular formula is C20H26N6O2. The van der Waals surface area contributed by atoms with Gasteiger partial charge in [0.25, 0.3) is 0 Å². The molecule has 0 aromatic carbocycles. The predicted molar refractivity (Wildman–Crippen MR) is 108 cm³/mol. The number of nitrogens with zero attached hydrogens (tertiary/aromatic N) is 5. The molecule has 3 aliphatic rings. The van der Waals surface area contributed by atoms with Gasteiger partial charge in [0.15, 0.2) is 5.82 Å². The van der Waals surface area contributed by atoms with Crippen LogP contribution in [0.4, 0.5) is 17.5 Å². The number of hydrogen-bond donors (Lipinski definition) is 1. The summed E-state index contributed by atoms with van der Waals surface area (Å²) in [4.78, 5) is 19.1. The maximum Gasteiger partial charge on any atom is 0.165 e. The number of anilines is 3. The van der Waals surface area contributed by atoms with Gasteiger partial charge in [-0.05, 0) is 25.5 Å². The van der Waals surface area contributed by atoms with Crippen molar-refractivity contribution in [2.45, 2.75) is 32.4 Å². The summed E-state index contributed by atoms with van der Waals surface area (Å²) in [5.41, 5.74) is 8.98. The Hall–Kier alpha value is -2.45. The van der Waals surface area contributed by atoms with E-state index in [9.17, 15) is 0 Å². The second-order valence-electron chi connectivity index (χ2n) is 7.84. The lowest BCUT2D eigenvalue weighted by Crippen LogP contribution is -2.44. The molecule has 5 rings (SSSR count). The number of aryl methyl sites for hydroxylation is 1. The first-order valence-electron chi connectivity index (χ1n) is 9.94. The Labute approximate surface area is 164 Å². The molecule has 8 nitrogen and oxygen atoms in total. The lowest BCUT2D eigenvalue weighted by Gasteiger charge is -2.35. The normalized spacial score (nSPS) is 24.2. The van der Waals surface area contributed by atoms with Gasteiger partial charge < -0.3 is 25.0 Å². The number of nitrogens with two attached hydrogens (primary N) is 1. The van der Waals surface area contributed by atoms with Gasteiger partial charge in [-0.15, -0.1) is 0 Å². The highest BCUT2D eigenvalue weighted by molar-refractivity contribution is 5.71. The quantitative estimate of drug-likeness (QED) is 0.834. The second-order valence-corrected chi connectivity index (χ2v) is 7.84. The first-order valence-corrected chi connectivity index (χ1v) is 9.94. The van der Waals surface area contributed by atoms with Gasteiger partial charge in [-0.3, -0.25) is 0 Å². The number of pyridine rings is 1. The molecule has 0 radical (unpaired) electrons. The number of morpholine rings is 2. The third kappa shape index (κ3) is 2.87. The molecule has 0 amide bonds. The molecule has 0 bridgehead atoms. The van der Waals surface area contributed by atoms with Crippen molar-refractivity contribution in [3.63, 3.8) is 0 Å². The molecule has 5 heterocycles. The summed E-state index contributed by atoms with van der Waals surface area (Å²) in [5.74, 6) is 3.32. The van der Waals surface area contributed by atoms with E-state index < -0.39 is 0 Å². The summed E-state index contributed by atoms with van der Waals surface area (Å²) < 4.78 is 11.4. The number of nitrogen functional groups attached to an aromatic ring is 1. The molecule has 2 atom stereocenters. The molecule has 3 aliphatic heterocycles. The molecular weight excluding hydrogens is 356 g/mol. The number of hydrogen-bond acceptors (Lipinski definition) is 8. The molecule has 2 aromatic rings. The van der Waals surface area contributed by atoms with Crippen LogP contribution in [-0.2, 0) is 15.9 Å². The van der Waals surface area contributed by atoms with Crippen LogP contribution in [0.3, 0.4) is 0 Å². The van der Waals surface area contributed by atoms with Gasteiger partial charge in [0.2, 0.25) is 0 Å². The van der Waals surface area contributed by atoms with Crippen molar-refractivity contribution in [3.05, 3.63) is 23.4 Å². The molecule has 28 heavy (non-hydrogen) atoms. The van der Waals surface area contributed by atoms with E-state index in [2.05, 4.69) is 21.7 Å². The summed E-state index contributed by atoms with van der Waals surface area (Å²) in [7, 11) is 0. The molecule has 2 aromatic heterocycles. The molecule has 0 unspecified atom stereocenters. The average Bonchev–Trinajstić information content (AvgIpc) is 3.09. The maximum absolute atomic E-state index is 5.91. The number of rotatable bonds is 2. The van der Waals surface area contributed by atoms with E-state index in [1.54, 1.807) is 6.20 Å². The molecule has 0 spiro atoms. The fraction of sp³-hybridized carbons (Fsp3) is 0.550. The highest BCUT2D eigenvalue weighted by atomic mass is 16.5. The van der Waals surface area contributed by atoms with Gasteiger partial charge >= 0.3 is 0 Å². The average molecular weight is 382 g/mol. The summed E-state index contributed by atoms with van der Waals surface area (Å²) in [6.07, 6.45) is 2.69. The van der Waals surface area contributed by atoms with Gasteiger partial charge in [0.05, 0.1) is 38.5 Å². The van der Waals surface area contributed by atoms with Crippen LogP contribution >= 0.6 is 0 Å². The Kier molecular flexibility index (Phi) is 4.32. The summed E-state index contributed by atoms with van der Waals surface area (Å²) in [6.45, 7) is 8.77. The lowest BCUT2D eigenvalue weighted by atomic mass is 10.1. The molecule has 0 aliphatic carbocycles. The number of fused-ring (bicyclic) bond motifs is 3. The zero-order valence-corrected chi connectivity index (χ0v) is 16.4. The van der Waals surface area contributed by atoms with Crippen molar-refractivity contribution in [1.82, 2.24) is 15.0 Å². The molecule has 8 heteroatoms. The Bertz CT molecular complexity index is 905. The van der Waals surface area contributed by atoms with E-state index in [-0.39, 0.29) is 6.04 Å². The highest BCUT2D eigenvalue weighted by Crippen LogP contribution is 2.39. The van der Waals surface area contributed by atoms with Crippen LogP contribution in [0.25, 0.3) is 11.4 Å². The minimum Gasteiger partial charge on any atom is -0.383 e. The van der Waals surface area contributed by atoms with Crippen molar-refractivity contribution in [2.24, 2.45) is 0 Å². The van der Waals surface area contributed by atoms with E-state index >= 15 is 0 Å². The smallest absolute Gasteiger partial charge is 0.165 e. The topological polar surface area (TPSA) is 89.6 Å². The van der Waals surface area contributed by atoms with Crippen LogP contribution in [0, 0.1) is 6.92 Å². The SMILES string of the molecule is Cc1cc(-c2nc3c(c(N4CCOC[C@H]4C)n2)C[C@@H]2COCCN32)cnc1N. The zero-order chi connectivity index (χ0) is 19.3. The first kappa shape index (κ1) is 17.6. The van der Waals surface area contributed by atoms with Crippen molar-refractivity contribution in [2.75, 3.05) is 55.1 Å². The second kappa shape index (κ2) is 6.86. The third-order valence-corrected chi connectivity index (χ3v) is 5.92. The van der Waals surface area contributed by atoms with Crippen molar-refractivity contribution < 1.29 is 9.47 Å². The summed E-state index contributed by atoms with van der Waals surface area (Å²) >= 11 is 0. The Morgan fingerprint density at radius 1 is 1.07 bits per heavy atom. The van der Waals surface area contributed by atoms with E-state index in [1.165, 1.54) is 5.56 Å². The fourth-order valence-corrected chi connectivity index (χ4v) is 4.34. The van der Waals surface area contributed by atoms with E-state index in [4.69, 9.17) is 25.2 Å². The van der Waals surface area contributed by atoms with E-state index in [0.29, 0.717) is 24.3 Å². The highest BCUT2D eigenvalue weighted by Gasteiger charge is 2.38. The van der Waals surface area contributed by atoms with E-state index in [0.717, 1.165) is 62.1 Å². The summed E-state index contributed by atoms with van der Waals surface area (Å²) in [6, 6.07) is 2.64. The Morgan fingerprint density at radius 2 is 1.79 bits per heavy atom. The number of aromatic nitrogens is 3. The van der Waals surface area contributed by atoms with Crippen molar-refractivity contribution in [1.29, 1.82) is 0 Å². The molecule has 2 fully saturated rings. The molecule has 148 valence electrons. The van der Waals surface area contributed by atoms with Crippen molar-refractivity contribution >= 4 is 17.5 Å². The van der Waals surface area contributed by atoms with Gasteiger partial charge in [-0.25, -0.2) is 15.0 Å². The Balaban J connectivity index is 1.65. The van der Waals surface area contributed by atoms with Crippen LogP contribution in [0.15, 0.2) is 12.3 Å². The third-order valence-electron chi connectivity index (χ3n) is 5.92. The van der Waals surface area contributed by atoms with Crippen LogP contribution in [0.1, 0.15) is 18.1 Å². The van der Waals surface area contributed by atoms with Gasteiger partial charge in [0.1, 0.15) is 17.5 Å². The zero-order valence-electron chi connectivity index (χ0n) is 16.4. The Morgan fingerprint density at radius 3 is 2.54 bits per heavy atom. The standard InChI is InChI=1S/C20H26N6O2/c1-12-7-14(9-22-17(12)21)18-23-19(25-3-5-27-10-13(25)2)16-8-15-11-28-6-4-26(15)20(16)24-18/h7,9,13,15H,3-6,8,10-11H2,1-2H3,(H2,21,22)/t13-,15-/m1/s1. The first-order chi connectivity index (χ1) is 13.6. The van der Waals surface area contributed by atoms with Gasteiger partial charge in [0, 0.05) is 36.8 Å². The van der Waals surface area contributed by atoms with E-state index in [1.807, 2.05) is 13.0 Å².